The van der Waals surface area contributed by atoms with Crippen LogP contribution >= 0.6 is 0 Å². The first-order chi connectivity index (χ1) is 8.65. The highest BCUT2D eigenvalue weighted by Gasteiger charge is 2.09. The summed E-state index contributed by atoms with van der Waals surface area (Å²) < 4.78 is 1.50. The van der Waals surface area contributed by atoms with Gasteiger partial charge in [0.1, 0.15) is 6.29 Å². The number of unbranched alkanes of at least 4 members (excludes halogenated alkanes) is 5. The van der Waals surface area contributed by atoms with E-state index >= 15 is 0 Å². The molecule has 1 rings (SSSR count). The fraction of sp³-hybridized carbons (Fsp3) is 0.643. The van der Waals surface area contributed by atoms with Gasteiger partial charge in [-0.25, -0.2) is 4.68 Å². The van der Waals surface area contributed by atoms with Crippen molar-refractivity contribution in [1.29, 1.82) is 0 Å². The Bertz CT molecular complexity index is 396. The lowest BCUT2D eigenvalue weighted by molar-refractivity contribution is -0.107. The lowest BCUT2D eigenvalue weighted by atomic mass is 10.1. The van der Waals surface area contributed by atoms with E-state index in [1.54, 1.807) is 0 Å². The van der Waals surface area contributed by atoms with E-state index in [9.17, 15) is 9.59 Å². The molecule has 1 heterocycles. The molecule has 0 fully saturated rings. The van der Waals surface area contributed by atoms with Crippen molar-refractivity contribution in [3.05, 3.63) is 17.5 Å². The van der Waals surface area contributed by atoms with Crippen molar-refractivity contribution >= 4 is 12.2 Å². The van der Waals surface area contributed by atoms with Gasteiger partial charge in [0.2, 0.25) is 5.91 Å². The van der Waals surface area contributed by atoms with E-state index in [4.69, 9.17) is 0 Å². The SMILES string of the molecule is Cc1cc(C)n(C(=O)CCCCCCCC=O)n1. The minimum absolute atomic E-state index is 0.0773. The molecule has 0 N–H and O–H groups in total. The van der Waals surface area contributed by atoms with E-state index in [-0.39, 0.29) is 5.91 Å². The monoisotopic (exact) mass is 250 g/mol. The summed E-state index contributed by atoms with van der Waals surface area (Å²) in [5.74, 6) is 0.0773. The van der Waals surface area contributed by atoms with E-state index in [1.165, 1.54) is 4.68 Å². The highest BCUT2D eigenvalue weighted by Crippen LogP contribution is 2.09. The van der Waals surface area contributed by atoms with Gasteiger partial charge in [-0.3, -0.25) is 4.79 Å². The second kappa shape index (κ2) is 7.80. The number of aryl methyl sites for hydroxylation is 2. The zero-order chi connectivity index (χ0) is 13.4. The van der Waals surface area contributed by atoms with Crippen molar-refractivity contribution in [1.82, 2.24) is 9.78 Å². The van der Waals surface area contributed by atoms with Gasteiger partial charge in [-0.05, 0) is 32.8 Å². The minimum atomic E-state index is 0.0773. The molecule has 0 saturated heterocycles. The Kier molecular flexibility index (Phi) is 6.33. The predicted molar refractivity (Wildman–Crippen MR) is 70.7 cm³/mol. The maximum Gasteiger partial charge on any atom is 0.247 e. The van der Waals surface area contributed by atoms with Crippen LogP contribution in [0, 0.1) is 13.8 Å². The fourth-order valence-electron chi connectivity index (χ4n) is 2.02. The Labute approximate surface area is 108 Å². The first kappa shape index (κ1) is 14.6. The van der Waals surface area contributed by atoms with E-state index < -0.39 is 0 Å². The summed E-state index contributed by atoms with van der Waals surface area (Å²) in [6.07, 6.45) is 7.26. The van der Waals surface area contributed by atoms with Gasteiger partial charge in [-0.2, -0.15) is 5.10 Å². The molecule has 0 aliphatic heterocycles. The Morgan fingerprint density at radius 3 is 2.50 bits per heavy atom. The van der Waals surface area contributed by atoms with Crippen LogP contribution in [0.1, 0.15) is 61.1 Å². The van der Waals surface area contributed by atoms with E-state index in [0.29, 0.717) is 12.8 Å². The summed E-state index contributed by atoms with van der Waals surface area (Å²) in [5, 5.41) is 4.18. The topological polar surface area (TPSA) is 52.0 Å². The molecule has 0 amide bonds. The van der Waals surface area contributed by atoms with E-state index in [0.717, 1.165) is 49.8 Å². The third-order valence-electron chi connectivity index (χ3n) is 2.96. The molecule has 0 unspecified atom stereocenters. The van der Waals surface area contributed by atoms with Crippen LogP contribution in [-0.2, 0) is 4.79 Å². The number of carbonyl (C=O) groups excluding carboxylic acids is 2. The van der Waals surface area contributed by atoms with Gasteiger partial charge >= 0.3 is 0 Å². The molecule has 4 heteroatoms. The molecule has 0 aliphatic rings. The van der Waals surface area contributed by atoms with Gasteiger partial charge in [0, 0.05) is 18.5 Å². The quantitative estimate of drug-likeness (QED) is 0.526. The van der Waals surface area contributed by atoms with Crippen LogP contribution in [0.4, 0.5) is 0 Å². The van der Waals surface area contributed by atoms with E-state index in [1.807, 2.05) is 19.9 Å². The van der Waals surface area contributed by atoms with Crippen LogP contribution < -0.4 is 0 Å². The number of aldehydes is 1. The van der Waals surface area contributed by atoms with Crippen molar-refractivity contribution in [3.63, 3.8) is 0 Å². The van der Waals surface area contributed by atoms with Gasteiger partial charge < -0.3 is 4.79 Å². The first-order valence-corrected chi connectivity index (χ1v) is 6.65. The lowest BCUT2D eigenvalue weighted by Crippen LogP contribution is -2.13. The van der Waals surface area contributed by atoms with E-state index in [2.05, 4.69) is 5.10 Å². The average Bonchev–Trinajstić information content (AvgIpc) is 2.67. The molecule has 18 heavy (non-hydrogen) atoms. The maximum atomic E-state index is 11.9. The third-order valence-corrected chi connectivity index (χ3v) is 2.96. The number of hydrogen-bond donors (Lipinski definition) is 0. The number of carbonyl (C=O) groups is 2. The maximum absolute atomic E-state index is 11.9. The second-order valence-electron chi connectivity index (χ2n) is 4.71. The first-order valence-electron chi connectivity index (χ1n) is 6.65. The Morgan fingerprint density at radius 2 is 1.89 bits per heavy atom. The van der Waals surface area contributed by atoms with Crippen molar-refractivity contribution in [2.45, 2.75) is 58.8 Å². The van der Waals surface area contributed by atoms with Crippen LogP contribution in [0.25, 0.3) is 0 Å². The van der Waals surface area contributed by atoms with Gasteiger partial charge in [0.15, 0.2) is 0 Å². The zero-order valence-corrected chi connectivity index (χ0v) is 11.3. The molecule has 0 radical (unpaired) electrons. The normalized spacial score (nSPS) is 10.6. The van der Waals surface area contributed by atoms with Gasteiger partial charge in [-0.15, -0.1) is 0 Å². The molecule has 100 valence electrons. The third kappa shape index (κ3) is 4.82. The van der Waals surface area contributed by atoms with Gasteiger partial charge in [-0.1, -0.05) is 19.3 Å². The van der Waals surface area contributed by atoms with Crippen molar-refractivity contribution in [2.75, 3.05) is 0 Å². The molecule has 0 saturated carbocycles. The summed E-state index contributed by atoms with van der Waals surface area (Å²) in [6.45, 7) is 3.79. The summed E-state index contributed by atoms with van der Waals surface area (Å²) in [7, 11) is 0. The van der Waals surface area contributed by atoms with Crippen LogP contribution in [0.3, 0.4) is 0 Å². The standard InChI is InChI=1S/C14H22N2O2/c1-12-11-13(2)16(15-12)14(18)9-7-5-3-4-6-8-10-17/h10-11H,3-9H2,1-2H3. The van der Waals surface area contributed by atoms with Crippen LogP contribution in [0.15, 0.2) is 6.07 Å². The molecule has 1 aromatic heterocycles. The van der Waals surface area contributed by atoms with Crippen LogP contribution in [-0.4, -0.2) is 22.0 Å². The molecule has 0 atom stereocenters. The van der Waals surface area contributed by atoms with Gasteiger partial charge in [0.05, 0.1) is 5.69 Å². The minimum Gasteiger partial charge on any atom is -0.303 e. The summed E-state index contributed by atoms with van der Waals surface area (Å²) >= 11 is 0. The second-order valence-corrected chi connectivity index (χ2v) is 4.71. The summed E-state index contributed by atoms with van der Waals surface area (Å²) in [6, 6.07) is 1.91. The molecule has 0 aliphatic carbocycles. The van der Waals surface area contributed by atoms with Crippen LogP contribution in [0.2, 0.25) is 0 Å². The lowest BCUT2D eigenvalue weighted by Gasteiger charge is -2.03. The average molecular weight is 250 g/mol. The molecule has 0 spiro atoms. The molecule has 1 aromatic rings. The smallest absolute Gasteiger partial charge is 0.247 e. The number of rotatable bonds is 8. The predicted octanol–water partition coefficient (Wildman–Crippen LogP) is 3.07. The summed E-state index contributed by atoms with van der Waals surface area (Å²) in [4.78, 5) is 22.0. The molecule has 0 bridgehead atoms. The largest absolute Gasteiger partial charge is 0.303 e. The fourth-order valence-corrected chi connectivity index (χ4v) is 2.02. The number of hydrogen-bond acceptors (Lipinski definition) is 3. The molecular formula is C14H22N2O2. The van der Waals surface area contributed by atoms with Crippen molar-refractivity contribution in [2.24, 2.45) is 0 Å². The summed E-state index contributed by atoms with van der Waals surface area (Å²) in [5.41, 5.74) is 1.79. The molecule has 0 aromatic carbocycles. The highest BCUT2D eigenvalue weighted by atomic mass is 16.2. The Hall–Kier alpha value is -1.45. The Morgan fingerprint density at radius 1 is 1.22 bits per heavy atom. The number of aromatic nitrogens is 2. The van der Waals surface area contributed by atoms with Gasteiger partial charge in [0.25, 0.3) is 0 Å². The highest BCUT2D eigenvalue weighted by molar-refractivity contribution is 5.78. The van der Waals surface area contributed by atoms with Crippen LogP contribution in [0.5, 0.6) is 0 Å². The van der Waals surface area contributed by atoms with Crippen molar-refractivity contribution < 1.29 is 9.59 Å². The van der Waals surface area contributed by atoms with Crippen molar-refractivity contribution in [3.8, 4) is 0 Å². The zero-order valence-electron chi connectivity index (χ0n) is 11.3. The molecular weight excluding hydrogens is 228 g/mol. The number of nitrogens with zero attached hydrogens (tertiary/aromatic N) is 2. The Balaban J connectivity index is 2.18. The molecule has 4 nitrogen and oxygen atoms in total.